The number of hydrogen-bond donors (Lipinski definition) is 0. The zero-order valence-electron chi connectivity index (χ0n) is 13.1. The molecule has 0 amide bonds. The summed E-state index contributed by atoms with van der Waals surface area (Å²) in [6, 6.07) is 9.30. The standard InChI is InChI=1S/C16H19FN2O3S/c1-3-22-16-12-13(17)7-8-15(16)19(23(2,20)21)11-9-14-6-4-5-10-18-14/h4-8,10,12H,3,9,11H2,1-2H3. The molecule has 0 bridgehead atoms. The Balaban J connectivity index is 2.32. The van der Waals surface area contributed by atoms with Crippen LogP contribution in [0.1, 0.15) is 12.6 Å². The Bertz CT molecular complexity index is 751. The maximum atomic E-state index is 13.4. The van der Waals surface area contributed by atoms with Crippen LogP contribution in [0.25, 0.3) is 0 Å². The van der Waals surface area contributed by atoms with Crippen molar-refractivity contribution in [1.82, 2.24) is 4.98 Å². The SMILES string of the molecule is CCOc1cc(F)ccc1N(CCc1ccccn1)S(C)(=O)=O. The average Bonchev–Trinajstić information content (AvgIpc) is 2.49. The van der Waals surface area contributed by atoms with E-state index in [0.29, 0.717) is 18.7 Å². The molecule has 7 heteroatoms. The summed E-state index contributed by atoms with van der Waals surface area (Å²) < 4.78 is 44.3. The minimum Gasteiger partial charge on any atom is -0.492 e. The highest BCUT2D eigenvalue weighted by molar-refractivity contribution is 7.92. The summed E-state index contributed by atoms with van der Waals surface area (Å²) in [6.45, 7) is 2.27. The van der Waals surface area contributed by atoms with E-state index in [1.807, 2.05) is 12.1 Å². The fourth-order valence-electron chi connectivity index (χ4n) is 2.19. The average molecular weight is 338 g/mol. The van der Waals surface area contributed by atoms with Crippen LogP contribution in [0.15, 0.2) is 42.6 Å². The molecule has 0 saturated heterocycles. The second-order valence-corrected chi connectivity index (χ2v) is 6.86. The molecule has 124 valence electrons. The summed E-state index contributed by atoms with van der Waals surface area (Å²) in [6.07, 6.45) is 3.21. The quantitative estimate of drug-likeness (QED) is 0.779. The van der Waals surface area contributed by atoms with Crippen molar-refractivity contribution in [3.05, 3.63) is 54.1 Å². The number of rotatable bonds is 7. The molecule has 0 aliphatic carbocycles. The van der Waals surface area contributed by atoms with Crippen LogP contribution >= 0.6 is 0 Å². The molecule has 1 aromatic carbocycles. The zero-order chi connectivity index (χ0) is 16.9. The predicted octanol–water partition coefficient (Wildman–Crippen LogP) is 2.63. The fourth-order valence-corrected chi connectivity index (χ4v) is 3.12. The second kappa shape index (κ2) is 7.41. The van der Waals surface area contributed by atoms with E-state index >= 15 is 0 Å². The summed E-state index contributed by atoms with van der Waals surface area (Å²) >= 11 is 0. The normalized spacial score (nSPS) is 11.3. The number of aromatic nitrogens is 1. The van der Waals surface area contributed by atoms with E-state index in [2.05, 4.69) is 4.98 Å². The Labute approximate surface area is 135 Å². The first kappa shape index (κ1) is 17.2. The minimum atomic E-state index is -3.54. The first-order valence-electron chi connectivity index (χ1n) is 7.21. The maximum absolute atomic E-state index is 13.4. The summed E-state index contributed by atoms with van der Waals surface area (Å²) in [5.41, 5.74) is 1.10. The Morgan fingerprint density at radius 2 is 2.04 bits per heavy atom. The minimum absolute atomic E-state index is 0.196. The third-order valence-electron chi connectivity index (χ3n) is 3.19. The van der Waals surface area contributed by atoms with Gasteiger partial charge in [0.25, 0.3) is 0 Å². The highest BCUT2D eigenvalue weighted by Crippen LogP contribution is 2.31. The van der Waals surface area contributed by atoms with Gasteiger partial charge in [-0.25, -0.2) is 12.8 Å². The van der Waals surface area contributed by atoms with Crippen molar-refractivity contribution in [3.8, 4) is 5.75 Å². The number of pyridine rings is 1. The lowest BCUT2D eigenvalue weighted by Crippen LogP contribution is -2.32. The summed E-state index contributed by atoms with van der Waals surface area (Å²) in [7, 11) is -3.54. The van der Waals surface area contributed by atoms with Crippen LogP contribution < -0.4 is 9.04 Å². The molecule has 1 heterocycles. The number of ether oxygens (including phenoxy) is 1. The van der Waals surface area contributed by atoms with Crippen LogP contribution in [-0.4, -0.2) is 32.8 Å². The van der Waals surface area contributed by atoms with Crippen LogP contribution in [0.5, 0.6) is 5.75 Å². The number of halogens is 1. The van der Waals surface area contributed by atoms with E-state index in [4.69, 9.17) is 4.74 Å². The topological polar surface area (TPSA) is 59.5 Å². The fraction of sp³-hybridized carbons (Fsp3) is 0.312. The molecule has 0 radical (unpaired) electrons. The third-order valence-corrected chi connectivity index (χ3v) is 4.37. The van der Waals surface area contributed by atoms with Gasteiger partial charge in [0.15, 0.2) is 0 Å². The summed E-state index contributed by atoms with van der Waals surface area (Å²) in [4.78, 5) is 4.19. The lowest BCUT2D eigenvalue weighted by atomic mass is 10.2. The highest BCUT2D eigenvalue weighted by Gasteiger charge is 2.21. The van der Waals surface area contributed by atoms with E-state index in [-0.39, 0.29) is 12.3 Å². The zero-order valence-corrected chi connectivity index (χ0v) is 13.9. The van der Waals surface area contributed by atoms with Crippen molar-refractivity contribution in [1.29, 1.82) is 0 Å². The molecule has 0 spiro atoms. The van der Waals surface area contributed by atoms with Gasteiger partial charge in [-0.15, -0.1) is 0 Å². The van der Waals surface area contributed by atoms with Crippen LogP contribution in [0.2, 0.25) is 0 Å². The smallest absolute Gasteiger partial charge is 0.232 e. The van der Waals surface area contributed by atoms with Gasteiger partial charge < -0.3 is 4.74 Å². The van der Waals surface area contributed by atoms with E-state index in [0.717, 1.165) is 11.9 Å². The summed E-state index contributed by atoms with van der Waals surface area (Å²) in [5.74, 6) is -0.269. The van der Waals surface area contributed by atoms with Gasteiger partial charge in [0.1, 0.15) is 11.6 Å². The maximum Gasteiger partial charge on any atom is 0.232 e. The number of sulfonamides is 1. The molecule has 0 saturated carbocycles. The van der Waals surface area contributed by atoms with Gasteiger partial charge in [0.05, 0.1) is 18.6 Å². The number of benzene rings is 1. The Morgan fingerprint density at radius 1 is 1.26 bits per heavy atom. The molecule has 2 aromatic rings. The van der Waals surface area contributed by atoms with Crippen molar-refractivity contribution in [2.75, 3.05) is 23.7 Å². The molecular formula is C16H19FN2O3S. The first-order chi connectivity index (χ1) is 10.9. The second-order valence-electron chi connectivity index (χ2n) is 4.95. The van der Waals surface area contributed by atoms with E-state index in [1.165, 1.54) is 22.5 Å². The van der Waals surface area contributed by atoms with Crippen molar-refractivity contribution in [3.63, 3.8) is 0 Å². The lowest BCUT2D eigenvalue weighted by molar-refractivity contribution is 0.339. The van der Waals surface area contributed by atoms with Crippen molar-refractivity contribution < 1.29 is 17.5 Å². The molecule has 1 aromatic heterocycles. The molecule has 0 unspecified atom stereocenters. The Hall–Kier alpha value is -2.15. The van der Waals surface area contributed by atoms with Gasteiger partial charge in [0.2, 0.25) is 10.0 Å². The van der Waals surface area contributed by atoms with E-state index in [9.17, 15) is 12.8 Å². The largest absolute Gasteiger partial charge is 0.492 e. The molecule has 5 nitrogen and oxygen atoms in total. The van der Waals surface area contributed by atoms with Crippen molar-refractivity contribution in [2.24, 2.45) is 0 Å². The van der Waals surface area contributed by atoms with Gasteiger partial charge in [-0.05, 0) is 31.2 Å². The van der Waals surface area contributed by atoms with Crippen LogP contribution in [-0.2, 0) is 16.4 Å². The van der Waals surface area contributed by atoms with Crippen molar-refractivity contribution in [2.45, 2.75) is 13.3 Å². The van der Waals surface area contributed by atoms with Crippen LogP contribution in [0.3, 0.4) is 0 Å². The van der Waals surface area contributed by atoms with Gasteiger partial charge in [-0.1, -0.05) is 6.07 Å². The molecular weight excluding hydrogens is 319 g/mol. The summed E-state index contributed by atoms with van der Waals surface area (Å²) in [5, 5.41) is 0. The molecule has 23 heavy (non-hydrogen) atoms. The molecule has 0 fully saturated rings. The molecule has 0 aliphatic rings. The number of nitrogens with zero attached hydrogens (tertiary/aromatic N) is 2. The van der Waals surface area contributed by atoms with E-state index in [1.54, 1.807) is 19.2 Å². The predicted molar refractivity (Wildman–Crippen MR) is 87.7 cm³/mol. The number of anilines is 1. The van der Waals surface area contributed by atoms with Gasteiger partial charge in [0, 0.05) is 30.9 Å². The van der Waals surface area contributed by atoms with E-state index < -0.39 is 15.8 Å². The van der Waals surface area contributed by atoms with Gasteiger partial charge in [-0.3, -0.25) is 9.29 Å². The van der Waals surface area contributed by atoms with Crippen molar-refractivity contribution >= 4 is 15.7 Å². The van der Waals surface area contributed by atoms with Crippen LogP contribution in [0, 0.1) is 5.82 Å². The Morgan fingerprint density at radius 3 is 2.65 bits per heavy atom. The molecule has 0 aliphatic heterocycles. The highest BCUT2D eigenvalue weighted by atomic mass is 32.2. The van der Waals surface area contributed by atoms with Gasteiger partial charge >= 0.3 is 0 Å². The first-order valence-corrected chi connectivity index (χ1v) is 9.06. The van der Waals surface area contributed by atoms with Crippen LogP contribution in [0.4, 0.5) is 10.1 Å². The molecule has 0 atom stereocenters. The molecule has 0 N–H and O–H groups in total. The van der Waals surface area contributed by atoms with Gasteiger partial charge in [-0.2, -0.15) is 0 Å². The Kier molecular flexibility index (Phi) is 5.54. The number of hydrogen-bond acceptors (Lipinski definition) is 4. The lowest BCUT2D eigenvalue weighted by Gasteiger charge is -2.24. The monoisotopic (exact) mass is 338 g/mol. The molecule has 2 rings (SSSR count). The third kappa shape index (κ3) is 4.66.